The molecule has 0 spiro atoms. The number of carbonyl (C=O) groups excluding carboxylic acids is 3. The minimum absolute atomic E-state index is 0.252. The Kier molecular flexibility index (Phi) is 7.68. The number of piperidine rings is 1. The number of esters is 1. The van der Waals surface area contributed by atoms with E-state index < -0.39 is 17.8 Å². The highest BCUT2D eigenvalue weighted by Crippen LogP contribution is 2.19. The highest BCUT2D eigenvalue weighted by atomic mass is 35.5. The average Bonchev–Trinajstić information content (AvgIpc) is 2.77. The van der Waals surface area contributed by atoms with Crippen molar-refractivity contribution in [3.8, 4) is 0 Å². The van der Waals surface area contributed by atoms with Crippen LogP contribution in [0.5, 0.6) is 0 Å². The molecule has 2 N–H and O–H groups in total. The Hall–Kier alpha value is -3.06. The van der Waals surface area contributed by atoms with Crippen LogP contribution in [-0.4, -0.2) is 42.5 Å². The zero-order valence-corrected chi connectivity index (χ0v) is 17.2. The van der Waals surface area contributed by atoms with Gasteiger partial charge in [-0.05, 0) is 42.7 Å². The van der Waals surface area contributed by atoms with Crippen molar-refractivity contribution in [3.63, 3.8) is 0 Å². The standard InChI is InChI=1S/C22H24ClN3O4/c23-18-8-4-6-16(12-18)13-24-20(27)15-30-21(28)17-7-5-11-26(14-17)22(29)25-19-9-2-1-3-10-19/h1-4,6,8-10,12,17H,5,7,11,13-15H2,(H,24,27)(H,25,29). The van der Waals surface area contributed by atoms with E-state index in [0.717, 1.165) is 5.56 Å². The van der Waals surface area contributed by atoms with Gasteiger partial charge >= 0.3 is 12.0 Å². The van der Waals surface area contributed by atoms with Gasteiger partial charge in [0.15, 0.2) is 6.61 Å². The average molecular weight is 430 g/mol. The summed E-state index contributed by atoms with van der Waals surface area (Å²) in [5.74, 6) is -1.30. The van der Waals surface area contributed by atoms with Crippen LogP contribution in [0, 0.1) is 5.92 Å². The first kappa shape index (κ1) is 21.6. The lowest BCUT2D eigenvalue weighted by Crippen LogP contribution is -2.45. The molecule has 1 atom stereocenters. The lowest BCUT2D eigenvalue weighted by Gasteiger charge is -2.31. The summed E-state index contributed by atoms with van der Waals surface area (Å²) in [6.07, 6.45) is 1.32. The lowest BCUT2D eigenvalue weighted by molar-refractivity contribution is -0.153. The largest absolute Gasteiger partial charge is 0.455 e. The highest BCUT2D eigenvalue weighted by molar-refractivity contribution is 6.30. The number of urea groups is 1. The molecule has 0 aliphatic carbocycles. The van der Waals surface area contributed by atoms with Crippen LogP contribution in [0.2, 0.25) is 5.02 Å². The van der Waals surface area contributed by atoms with Crippen LogP contribution in [0.15, 0.2) is 54.6 Å². The normalized spacial score (nSPS) is 15.9. The van der Waals surface area contributed by atoms with E-state index in [0.29, 0.717) is 36.6 Å². The number of halogens is 1. The number of benzene rings is 2. The zero-order valence-electron chi connectivity index (χ0n) is 16.5. The van der Waals surface area contributed by atoms with Crippen LogP contribution in [0.1, 0.15) is 18.4 Å². The molecule has 3 amide bonds. The van der Waals surface area contributed by atoms with Gasteiger partial charge in [0.2, 0.25) is 0 Å². The van der Waals surface area contributed by atoms with Crippen molar-refractivity contribution in [3.05, 3.63) is 65.2 Å². The number of hydrogen-bond acceptors (Lipinski definition) is 4. The van der Waals surface area contributed by atoms with Gasteiger partial charge in [0.1, 0.15) is 0 Å². The van der Waals surface area contributed by atoms with Crippen molar-refractivity contribution in [2.24, 2.45) is 5.92 Å². The van der Waals surface area contributed by atoms with Gasteiger partial charge in [-0.3, -0.25) is 9.59 Å². The van der Waals surface area contributed by atoms with E-state index in [4.69, 9.17) is 16.3 Å². The maximum atomic E-state index is 12.4. The number of para-hydroxylation sites is 1. The van der Waals surface area contributed by atoms with Gasteiger partial charge < -0.3 is 20.3 Å². The van der Waals surface area contributed by atoms with Gasteiger partial charge in [-0.2, -0.15) is 0 Å². The number of nitrogens with zero attached hydrogens (tertiary/aromatic N) is 1. The molecule has 7 nitrogen and oxygen atoms in total. The second kappa shape index (κ2) is 10.6. The van der Waals surface area contributed by atoms with Crippen molar-refractivity contribution in [2.75, 3.05) is 25.0 Å². The minimum Gasteiger partial charge on any atom is -0.455 e. The molecule has 1 saturated heterocycles. The van der Waals surface area contributed by atoms with Crippen molar-refractivity contribution in [1.29, 1.82) is 0 Å². The van der Waals surface area contributed by atoms with Crippen LogP contribution in [0.4, 0.5) is 10.5 Å². The SMILES string of the molecule is O=C(COC(=O)C1CCCN(C(=O)Nc2ccccc2)C1)NCc1cccc(Cl)c1. The molecule has 3 rings (SSSR count). The Balaban J connectivity index is 1.42. The molecule has 158 valence electrons. The number of carbonyl (C=O) groups is 3. The molecular weight excluding hydrogens is 406 g/mol. The van der Waals surface area contributed by atoms with Gasteiger partial charge in [-0.15, -0.1) is 0 Å². The van der Waals surface area contributed by atoms with Crippen molar-refractivity contribution >= 4 is 35.2 Å². The maximum absolute atomic E-state index is 12.4. The summed E-state index contributed by atoms with van der Waals surface area (Å²) in [6.45, 7) is 0.782. The van der Waals surface area contributed by atoms with E-state index in [2.05, 4.69) is 10.6 Å². The third-order valence-corrected chi connectivity index (χ3v) is 5.03. The molecular formula is C22H24ClN3O4. The van der Waals surface area contributed by atoms with Gasteiger partial charge in [-0.1, -0.05) is 41.9 Å². The number of nitrogens with one attached hydrogen (secondary N) is 2. The maximum Gasteiger partial charge on any atom is 0.321 e. The minimum atomic E-state index is -0.467. The monoisotopic (exact) mass is 429 g/mol. The molecule has 0 bridgehead atoms. The molecule has 0 aromatic heterocycles. The second-order valence-corrected chi connectivity index (χ2v) is 7.53. The molecule has 1 fully saturated rings. The summed E-state index contributed by atoms with van der Waals surface area (Å²) >= 11 is 5.91. The van der Waals surface area contributed by atoms with E-state index in [1.807, 2.05) is 24.3 Å². The number of hydrogen-bond donors (Lipinski definition) is 2. The summed E-state index contributed by atoms with van der Waals surface area (Å²) < 4.78 is 5.17. The predicted molar refractivity (Wildman–Crippen MR) is 114 cm³/mol. The van der Waals surface area contributed by atoms with E-state index in [-0.39, 0.29) is 19.2 Å². The van der Waals surface area contributed by atoms with Gasteiger partial charge in [0.05, 0.1) is 5.92 Å². The molecule has 1 unspecified atom stereocenters. The molecule has 1 aliphatic heterocycles. The molecule has 0 saturated carbocycles. The third-order valence-electron chi connectivity index (χ3n) is 4.79. The summed E-state index contributed by atoms with van der Waals surface area (Å²) in [5, 5.41) is 6.10. The summed E-state index contributed by atoms with van der Waals surface area (Å²) in [4.78, 5) is 38.4. The molecule has 8 heteroatoms. The van der Waals surface area contributed by atoms with Crippen LogP contribution in [0.25, 0.3) is 0 Å². The van der Waals surface area contributed by atoms with E-state index in [1.165, 1.54) is 0 Å². The fraction of sp³-hybridized carbons (Fsp3) is 0.318. The number of amides is 3. The number of likely N-dealkylation sites (tertiary alicyclic amines) is 1. The first-order chi connectivity index (χ1) is 14.5. The van der Waals surface area contributed by atoms with E-state index in [1.54, 1.807) is 35.2 Å². The van der Waals surface area contributed by atoms with Gasteiger partial charge in [0.25, 0.3) is 5.91 Å². The smallest absolute Gasteiger partial charge is 0.321 e. The predicted octanol–water partition coefficient (Wildman–Crippen LogP) is 3.44. The molecule has 2 aromatic carbocycles. The van der Waals surface area contributed by atoms with Gasteiger partial charge in [-0.25, -0.2) is 4.79 Å². The van der Waals surface area contributed by atoms with Crippen LogP contribution in [-0.2, 0) is 20.9 Å². The fourth-order valence-electron chi connectivity index (χ4n) is 3.23. The number of rotatable bonds is 6. The molecule has 30 heavy (non-hydrogen) atoms. The first-order valence-electron chi connectivity index (χ1n) is 9.80. The number of ether oxygens (including phenoxy) is 1. The third kappa shape index (κ3) is 6.49. The summed E-state index contributed by atoms with van der Waals surface area (Å²) in [6, 6.07) is 16.0. The summed E-state index contributed by atoms with van der Waals surface area (Å²) in [5.41, 5.74) is 1.55. The Morgan fingerprint density at radius 3 is 2.67 bits per heavy atom. The summed E-state index contributed by atoms with van der Waals surface area (Å²) in [7, 11) is 0. The lowest BCUT2D eigenvalue weighted by atomic mass is 9.98. The number of anilines is 1. The van der Waals surface area contributed by atoms with Gasteiger partial charge in [0, 0.05) is 30.3 Å². The Morgan fingerprint density at radius 1 is 1.10 bits per heavy atom. The van der Waals surface area contributed by atoms with Crippen molar-refractivity contribution < 1.29 is 19.1 Å². The zero-order chi connectivity index (χ0) is 21.3. The van der Waals surface area contributed by atoms with Crippen LogP contribution in [0.3, 0.4) is 0 Å². The molecule has 0 radical (unpaired) electrons. The van der Waals surface area contributed by atoms with E-state index >= 15 is 0 Å². The van der Waals surface area contributed by atoms with Crippen LogP contribution < -0.4 is 10.6 Å². The molecule has 1 aliphatic rings. The molecule has 1 heterocycles. The first-order valence-corrected chi connectivity index (χ1v) is 10.2. The fourth-order valence-corrected chi connectivity index (χ4v) is 3.44. The molecule has 2 aromatic rings. The Morgan fingerprint density at radius 2 is 1.90 bits per heavy atom. The highest BCUT2D eigenvalue weighted by Gasteiger charge is 2.29. The Bertz CT molecular complexity index is 891. The van der Waals surface area contributed by atoms with Crippen molar-refractivity contribution in [2.45, 2.75) is 19.4 Å². The van der Waals surface area contributed by atoms with Crippen molar-refractivity contribution in [1.82, 2.24) is 10.2 Å². The van der Waals surface area contributed by atoms with E-state index in [9.17, 15) is 14.4 Å². The topological polar surface area (TPSA) is 87.7 Å². The quantitative estimate of drug-likeness (QED) is 0.688. The van der Waals surface area contributed by atoms with Crippen LogP contribution >= 0.6 is 11.6 Å². The second-order valence-electron chi connectivity index (χ2n) is 7.10. The Labute approximate surface area is 180 Å².